The Kier molecular flexibility index (Phi) is 7.18. The molecule has 3 rings (SSSR count). The van der Waals surface area contributed by atoms with Crippen molar-refractivity contribution in [2.75, 3.05) is 38.2 Å². The molecule has 1 heterocycles. The molecular formula is C23H32N4O. The molecule has 5 heteroatoms. The van der Waals surface area contributed by atoms with Crippen LogP contribution in [0.2, 0.25) is 0 Å². The van der Waals surface area contributed by atoms with Crippen LogP contribution < -0.4 is 20.3 Å². The van der Waals surface area contributed by atoms with Crippen LogP contribution in [-0.2, 0) is 6.54 Å². The Hall–Kier alpha value is -2.69. The number of ether oxygens (including phenoxy) is 1. The molecule has 28 heavy (non-hydrogen) atoms. The predicted octanol–water partition coefficient (Wildman–Crippen LogP) is 3.59. The van der Waals surface area contributed by atoms with E-state index < -0.39 is 0 Å². The van der Waals surface area contributed by atoms with E-state index in [1.54, 1.807) is 7.11 Å². The third-order valence-corrected chi connectivity index (χ3v) is 5.15. The number of nitrogens with one attached hydrogen (secondary N) is 2. The first-order chi connectivity index (χ1) is 13.7. The number of methoxy groups -OCH3 is 1. The average Bonchev–Trinajstić information content (AvgIpc) is 3.20. The van der Waals surface area contributed by atoms with Gasteiger partial charge in [-0.05, 0) is 43.9 Å². The molecule has 0 aliphatic carbocycles. The summed E-state index contributed by atoms with van der Waals surface area (Å²) in [5.74, 6) is 2.41. The summed E-state index contributed by atoms with van der Waals surface area (Å²) in [6.45, 7) is 8.82. The number of nitrogens with zero attached hydrogens (tertiary/aromatic N) is 2. The first-order valence-electron chi connectivity index (χ1n) is 10.1. The van der Waals surface area contributed by atoms with E-state index in [2.05, 4.69) is 71.8 Å². The van der Waals surface area contributed by atoms with E-state index in [9.17, 15) is 0 Å². The smallest absolute Gasteiger partial charge is 0.191 e. The molecule has 0 spiro atoms. The van der Waals surface area contributed by atoms with E-state index in [0.717, 1.165) is 37.9 Å². The number of anilines is 1. The number of hydrogen-bond donors (Lipinski definition) is 2. The second-order valence-electron chi connectivity index (χ2n) is 7.36. The standard InChI is InChI=1S/C23H32N4O/c1-4-24-23(25-15-19-10-8-18(2)9-11-19)26-16-20-12-13-27(17-20)21-6-5-7-22(14-21)28-3/h5-11,14,20H,4,12-13,15-17H2,1-3H3,(H2,24,25,26). The molecule has 150 valence electrons. The highest BCUT2D eigenvalue weighted by Crippen LogP contribution is 2.26. The number of rotatable bonds is 7. The van der Waals surface area contributed by atoms with Crippen molar-refractivity contribution in [2.24, 2.45) is 10.9 Å². The number of guanidine groups is 1. The summed E-state index contributed by atoms with van der Waals surface area (Å²) in [5.41, 5.74) is 3.74. The van der Waals surface area contributed by atoms with Crippen molar-refractivity contribution in [1.82, 2.24) is 10.6 Å². The van der Waals surface area contributed by atoms with Crippen molar-refractivity contribution in [2.45, 2.75) is 26.8 Å². The number of benzene rings is 2. The molecule has 1 unspecified atom stereocenters. The van der Waals surface area contributed by atoms with E-state index in [-0.39, 0.29) is 0 Å². The minimum Gasteiger partial charge on any atom is -0.497 e. The average molecular weight is 381 g/mol. The van der Waals surface area contributed by atoms with Crippen LogP contribution in [0.1, 0.15) is 24.5 Å². The highest BCUT2D eigenvalue weighted by atomic mass is 16.5. The molecule has 0 bridgehead atoms. The number of aliphatic imine (C=N–C) groups is 1. The van der Waals surface area contributed by atoms with Crippen LogP contribution in [0.15, 0.2) is 53.5 Å². The molecule has 1 aliphatic rings. The highest BCUT2D eigenvalue weighted by molar-refractivity contribution is 5.79. The van der Waals surface area contributed by atoms with Crippen LogP contribution in [0.25, 0.3) is 0 Å². The Morgan fingerprint density at radius 2 is 2.00 bits per heavy atom. The van der Waals surface area contributed by atoms with E-state index in [1.165, 1.54) is 23.2 Å². The van der Waals surface area contributed by atoms with Gasteiger partial charge in [-0.15, -0.1) is 0 Å². The van der Waals surface area contributed by atoms with E-state index >= 15 is 0 Å². The molecule has 2 aromatic rings. The molecular weight excluding hydrogens is 348 g/mol. The molecule has 1 saturated heterocycles. The zero-order chi connectivity index (χ0) is 19.8. The molecule has 0 amide bonds. The Morgan fingerprint density at radius 1 is 1.18 bits per heavy atom. The topological polar surface area (TPSA) is 48.9 Å². The minimum absolute atomic E-state index is 0.606. The lowest BCUT2D eigenvalue weighted by Crippen LogP contribution is -2.40. The summed E-state index contributed by atoms with van der Waals surface area (Å²) in [5, 5.41) is 6.88. The summed E-state index contributed by atoms with van der Waals surface area (Å²) < 4.78 is 5.35. The maximum atomic E-state index is 5.35. The van der Waals surface area contributed by atoms with E-state index in [1.807, 2.05) is 6.07 Å². The summed E-state index contributed by atoms with van der Waals surface area (Å²) >= 11 is 0. The fraction of sp³-hybridized carbons (Fsp3) is 0.435. The van der Waals surface area contributed by atoms with Gasteiger partial charge in [0.15, 0.2) is 5.96 Å². The maximum Gasteiger partial charge on any atom is 0.191 e. The lowest BCUT2D eigenvalue weighted by molar-refractivity contribution is 0.415. The second-order valence-corrected chi connectivity index (χ2v) is 7.36. The lowest BCUT2D eigenvalue weighted by Gasteiger charge is -2.20. The Morgan fingerprint density at radius 3 is 2.75 bits per heavy atom. The molecule has 1 atom stereocenters. The molecule has 0 saturated carbocycles. The van der Waals surface area contributed by atoms with Gasteiger partial charge in [0.1, 0.15) is 5.75 Å². The molecule has 2 N–H and O–H groups in total. The van der Waals surface area contributed by atoms with Gasteiger partial charge in [0.25, 0.3) is 0 Å². The quantitative estimate of drug-likeness (QED) is 0.569. The van der Waals surface area contributed by atoms with Crippen LogP contribution in [0.5, 0.6) is 5.75 Å². The van der Waals surface area contributed by atoms with E-state index in [4.69, 9.17) is 9.73 Å². The monoisotopic (exact) mass is 380 g/mol. The van der Waals surface area contributed by atoms with Gasteiger partial charge in [0.05, 0.1) is 13.7 Å². The fourth-order valence-corrected chi connectivity index (χ4v) is 3.49. The van der Waals surface area contributed by atoms with Gasteiger partial charge < -0.3 is 20.3 Å². The molecule has 0 radical (unpaired) electrons. The van der Waals surface area contributed by atoms with Gasteiger partial charge in [-0.3, -0.25) is 0 Å². The van der Waals surface area contributed by atoms with Gasteiger partial charge in [0, 0.05) is 37.9 Å². The predicted molar refractivity (Wildman–Crippen MR) is 117 cm³/mol. The Bertz CT molecular complexity index is 772. The fourth-order valence-electron chi connectivity index (χ4n) is 3.49. The summed E-state index contributed by atoms with van der Waals surface area (Å²) in [6, 6.07) is 16.9. The third-order valence-electron chi connectivity index (χ3n) is 5.15. The summed E-state index contributed by atoms with van der Waals surface area (Å²) in [6.07, 6.45) is 1.18. The minimum atomic E-state index is 0.606. The summed E-state index contributed by atoms with van der Waals surface area (Å²) in [7, 11) is 1.72. The van der Waals surface area contributed by atoms with Crippen LogP contribution in [0.3, 0.4) is 0 Å². The van der Waals surface area contributed by atoms with Crippen molar-refractivity contribution < 1.29 is 4.74 Å². The van der Waals surface area contributed by atoms with Crippen molar-refractivity contribution in [3.63, 3.8) is 0 Å². The second kappa shape index (κ2) is 10.0. The normalized spacial score (nSPS) is 16.9. The molecule has 1 aliphatic heterocycles. The number of aryl methyl sites for hydroxylation is 1. The lowest BCUT2D eigenvalue weighted by atomic mass is 10.1. The van der Waals surface area contributed by atoms with Crippen LogP contribution >= 0.6 is 0 Å². The maximum absolute atomic E-state index is 5.35. The van der Waals surface area contributed by atoms with Crippen molar-refractivity contribution in [3.05, 3.63) is 59.7 Å². The van der Waals surface area contributed by atoms with Gasteiger partial charge in [0.2, 0.25) is 0 Å². The van der Waals surface area contributed by atoms with Crippen LogP contribution in [0.4, 0.5) is 5.69 Å². The molecule has 5 nitrogen and oxygen atoms in total. The van der Waals surface area contributed by atoms with Crippen LogP contribution in [0, 0.1) is 12.8 Å². The zero-order valence-corrected chi connectivity index (χ0v) is 17.2. The van der Waals surface area contributed by atoms with Crippen molar-refractivity contribution >= 4 is 11.6 Å². The van der Waals surface area contributed by atoms with Gasteiger partial charge in [-0.25, -0.2) is 4.99 Å². The van der Waals surface area contributed by atoms with E-state index in [0.29, 0.717) is 12.5 Å². The van der Waals surface area contributed by atoms with Crippen molar-refractivity contribution in [3.8, 4) is 5.75 Å². The third kappa shape index (κ3) is 5.65. The molecule has 0 aromatic heterocycles. The highest BCUT2D eigenvalue weighted by Gasteiger charge is 2.23. The zero-order valence-electron chi connectivity index (χ0n) is 17.2. The van der Waals surface area contributed by atoms with Crippen molar-refractivity contribution in [1.29, 1.82) is 0 Å². The Balaban J connectivity index is 1.52. The van der Waals surface area contributed by atoms with Gasteiger partial charge in [-0.2, -0.15) is 0 Å². The summed E-state index contributed by atoms with van der Waals surface area (Å²) in [4.78, 5) is 7.17. The van der Waals surface area contributed by atoms with Crippen LogP contribution in [-0.4, -0.2) is 39.2 Å². The number of hydrogen-bond acceptors (Lipinski definition) is 3. The molecule has 1 fully saturated rings. The van der Waals surface area contributed by atoms with Gasteiger partial charge >= 0.3 is 0 Å². The Labute approximate surface area is 168 Å². The first kappa shape index (κ1) is 20.1. The SMILES string of the molecule is CCNC(=NCc1ccc(C)cc1)NCC1CCN(c2cccc(OC)c2)C1. The molecule has 2 aromatic carbocycles. The van der Waals surface area contributed by atoms with Gasteiger partial charge in [-0.1, -0.05) is 35.9 Å². The largest absolute Gasteiger partial charge is 0.497 e. The first-order valence-corrected chi connectivity index (χ1v) is 10.1.